The van der Waals surface area contributed by atoms with Gasteiger partial charge in [-0.15, -0.1) is 4.83 Å². The number of hydrogen-bond acceptors (Lipinski definition) is 4. The summed E-state index contributed by atoms with van der Waals surface area (Å²) >= 11 is 0. The Morgan fingerprint density at radius 3 is 2.43 bits per heavy atom. The van der Waals surface area contributed by atoms with Crippen molar-refractivity contribution in [3.05, 3.63) is 24.3 Å². The number of carbonyl (C=O) groups is 1. The van der Waals surface area contributed by atoms with Crippen LogP contribution in [-0.2, 0) is 14.8 Å². The molecule has 116 valence electrons. The minimum Gasteiger partial charge on any atom is -0.494 e. The number of benzene rings is 1. The van der Waals surface area contributed by atoms with E-state index in [2.05, 4.69) is 10.3 Å². The van der Waals surface area contributed by atoms with Crippen molar-refractivity contribution in [3.8, 4) is 5.75 Å². The van der Waals surface area contributed by atoms with Gasteiger partial charge in [0, 0.05) is 5.92 Å². The first-order valence-electron chi connectivity index (χ1n) is 7.07. The molecule has 1 fully saturated rings. The molecular formula is C14H20N2O4S. The summed E-state index contributed by atoms with van der Waals surface area (Å²) in [6.07, 6.45) is 3.67. The second-order valence-electron chi connectivity index (χ2n) is 4.98. The lowest BCUT2D eigenvalue weighted by Gasteiger charge is -2.12. The van der Waals surface area contributed by atoms with Gasteiger partial charge >= 0.3 is 0 Å². The number of carbonyl (C=O) groups excluding carboxylic acids is 1. The number of ether oxygens (including phenoxy) is 1. The van der Waals surface area contributed by atoms with Crippen molar-refractivity contribution >= 4 is 15.9 Å². The summed E-state index contributed by atoms with van der Waals surface area (Å²) in [5.41, 5.74) is 2.29. The molecule has 21 heavy (non-hydrogen) atoms. The Morgan fingerprint density at radius 1 is 1.24 bits per heavy atom. The summed E-state index contributed by atoms with van der Waals surface area (Å²) in [6, 6.07) is 6.04. The van der Waals surface area contributed by atoms with Crippen LogP contribution in [0.15, 0.2) is 29.2 Å². The first-order valence-corrected chi connectivity index (χ1v) is 8.56. The molecule has 0 atom stereocenters. The number of amides is 1. The topological polar surface area (TPSA) is 84.5 Å². The molecule has 1 aromatic carbocycles. The number of rotatable bonds is 6. The molecule has 7 heteroatoms. The predicted molar refractivity (Wildman–Crippen MR) is 78.0 cm³/mol. The van der Waals surface area contributed by atoms with Crippen molar-refractivity contribution in [1.29, 1.82) is 0 Å². The van der Waals surface area contributed by atoms with Gasteiger partial charge in [-0.1, -0.05) is 12.8 Å². The molecule has 0 aromatic heterocycles. The highest BCUT2D eigenvalue weighted by atomic mass is 32.2. The van der Waals surface area contributed by atoms with Gasteiger partial charge in [0.25, 0.3) is 10.0 Å². The minimum absolute atomic E-state index is 0.0812. The molecule has 1 saturated carbocycles. The van der Waals surface area contributed by atoms with Gasteiger partial charge in [0.15, 0.2) is 0 Å². The van der Waals surface area contributed by atoms with Crippen LogP contribution >= 0.6 is 0 Å². The van der Waals surface area contributed by atoms with E-state index in [1.165, 1.54) is 12.1 Å². The highest BCUT2D eigenvalue weighted by molar-refractivity contribution is 7.89. The summed E-state index contributed by atoms with van der Waals surface area (Å²) in [4.78, 5) is 14.0. The van der Waals surface area contributed by atoms with Crippen molar-refractivity contribution in [1.82, 2.24) is 10.3 Å². The average Bonchev–Trinajstić information content (AvgIpc) is 3.00. The van der Waals surface area contributed by atoms with Gasteiger partial charge in [-0.05, 0) is 44.0 Å². The van der Waals surface area contributed by atoms with Crippen LogP contribution in [-0.4, -0.2) is 20.9 Å². The summed E-state index contributed by atoms with van der Waals surface area (Å²) < 4.78 is 29.4. The fourth-order valence-corrected chi connectivity index (χ4v) is 3.20. The van der Waals surface area contributed by atoms with Crippen LogP contribution in [0.4, 0.5) is 0 Å². The van der Waals surface area contributed by atoms with Gasteiger partial charge in [-0.25, -0.2) is 8.42 Å². The van der Waals surface area contributed by atoms with Crippen LogP contribution in [0.2, 0.25) is 0 Å². The monoisotopic (exact) mass is 312 g/mol. The summed E-state index contributed by atoms with van der Waals surface area (Å²) in [7, 11) is -3.75. The van der Waals surface area contributed by atoms with Crippen molar-refractivity contribution in [2.75, 3.05) is 6.61 Å². The van der Waals surface area contributed by atoms with E-state index in [1.54, 1.807) is 12.1 Å². The quantitative estimate of drug-likeness (QED) is 0.781. The highest BCUT2D eigenvalue weighted by Crippen LogP contribution is 2.24. The molecular weight excluding hydrogens is 292 g/mol. The first kappa shape index (κ1) is 15.8. The molecule has 2 rings (SSSR count). The molecule has 1 aliphatic carbocycles. The summed E-state index contributed by atoms with van der Waals surface area (Å²) in [5.74, 6) is 0.251. The zero-order chi connectivity index (χ0) is 15.3. The third kappa shape index (κ3) is 4.18. The zero-order valence-corrected chi connectivity index (χ0v) is 12.8. The lowest BCUT2D eigenvalue weighted by Crippen LogP contribution is -2.43. The van der Waals surface area contributed by atoms with Gasteiger partial charge in [-0.3, -0.25) is 10.2 Å². The van der Waals surface area contributed by atoms with Gasteiger partial charge < -0.3 is 4.74 Å². The lowest BCUT2D eigenvalue weighted by atomic mass is 10.1. The molecule has 0 radical (unpaired) electrons. The predicted octanol–water partition coefficient (Wildman–Crippen LogP) is 1.58. The van der Waals surface area contributed by atoms with E-state index < -0.39 is 10.0 Å². The molecule has 0 heterocycles. The summed E-state index contributed by atoms with van der Waals surface area (Å²) in [5, 5.41) is 0. The Labute approximate surface area is 124 Å². The maximum Gasteiger partial charge on any atom is 0.257 e. The molecule has 0 bridgehead atoms. The molecule has 6 nitrogen and oxygen atoms in total. The smallest absolute Gasteiger partial charge is 0.257 e. The second kappa shape index (κ2) is 6.91. The Morgan fingerprint density at radius 2 is 1.86 bits per heavy atom. The second-order valence-corrected chi connectivity index (χ2v) is 6.66. The van der Waals surface area contributed by atoms with E-state index >= 15 is 0 Å². The normalized spacial score (nSPS) is 15.9. The van der Waals surface area contributed by atoms with Crippen molar-refractivity contribution in [2.24, 2.45) is 5.92 Å². The highest BCUT2D eigenvalue weighted by Gasteiger charge is 2.24. The Balaban J connectivity index is 1.95. The number of hydrazine groups is 1. The number of hydrogen-bond donors (Lipinski definition) is 2. The SMILES string of the molecule is CCOc1ccc(S(=O)(=O)NNC(=O)C2CCCC2)cc1. The van der Waals surface area contributed by atoms with Crippen LogP contribution in [0.5, 0.6) is 5.75 Å². The molecule has 0 saturated heterocycles. The van der Waals surface area contributed by atoms with E-state index in [4.69, 9.17) is 4.74 Å². The van der Waals surface area contributed by atoms with Crippen molar-refractivity contribution in [3.63, 3.8) is 0 Å². The number of sulfonamides is 1. The fraction of sp³-hybridized carbons (Fsp3) is 0.500. The van der Waals surface area contributed by atoms with E-state index in [0.29, 0.717) is 12.4 Å². The van der Waals surface area contributed by atoms with E-state index in [1.807, 2.05) is 6.92 Å². The molecule has 1 aromatic rings. The van der Waals surface area contributed by atoms with Gasteiger partial charge in [-0.2, -0.15) is 0 Å². The van der Waals surface area contributed by atoms with Gasteiger partial charge in [0.1, 0.15) is 5.75 Å². The molecule has 1 amide bonds. The zero-order valence-electron chi connectivity index (χ0n) is 12.0. The van der Waals surface area contributed by atoms with Crippen LogP contribution in [0.1, 0.15) is 32.6 Å². The van der Waals surface area contributed by atoms with Crippen molar-refractivity contribution in [2.45, 2.75) is 37.5 Å². The summed E-state index contributed by atoms with van der Waals surface area (Å²) in [6.45, 7) is 2.37. The van der Waals surface area contributed by atoms with E-state index in [0.717, 1.165) is 25.7 Å². The maximum absolute atomic E-state index is 12.1. The molecule has 2 N–H and O–H groups in total. The van der Waals surface area contributed by atoms with Crippen molar-refractivity contribution < 1.29 is 17.9 Å². The Hall–Kier alpha value is -1.60. The van der Waals surface area contributed by atoms with Crippen LogP contribution < -0.4 is 15.0 Å². The van der Waals surface area contributed by atoms with Crippen LogP contribution in [0.25, 0.3) is 0 Å². The largest absolute Gasteiger partial charge is 0.494 e. The van der Waals surface area contributed by atoms with Crippen LogP contribution in [0, 0.1) is 5.92 Å². The van der Waals surface area contributed by atoms with Crippen LogP contribution in [0.3, 0.4) is 0 Å². The first-order chi connectivity index (χ1) is 10.0. The number of nitrogens with one attached hydrogen (secondary N) is 2. The third-order valence-electron chi connectivity index (χ3n) is 3.48. The average molecular weight is 312 g/mol. The molecule has 0 spiro atoms. The van der Waals surface area contributed by atoms with Gasteiger partial charge in [0.2, 0.25) is 5.91 Å². The fourth-order valence-electron chi connectivity index (χ4n) is 2.35. The standard InChI is InChI=1S/C14H20N2O4S/c1-2-20-12-7-9-13(10-8-12)21(18,19)16-15-14(17)11-5-3-4-6-11/h7-11,16H,2-6H2,1H3,(H,15,17). The maximum atomic E-state index is 12.1. The molecule has 0 unspecified atom stereocenters. The molecule has 1 aliphatic rings. The van der Waals surface area contributed by atoms with Gasteiger partial charge in [0.05, 0.1) is 11.5 Å². The minimum atomic E-state index is -3.75. The Kier molecular flexibility index (Phi) is 5.19. The lowest BCUT2D eigenvalue weighted by molar-refractivity contribution is -0.125. The van der Waals surface area contributed by atoms with E-state index in [-0.39, 0.29) is 16.7 Å². The molecule has 0 aliphatic heterocycles. The van der Waals surface area contributed by atoms with E-state index in [9.17, 15) is 13.2 Å². The Bertz CT molecular complexity index is 577. The third-order valence-corrected chi connectivity index (χ3v) is 4.74.